The molecule has 5 nitrogen and oxygen atoms in total. The Morgan fingerprint density at radius 2 is 2.00 bits per heavy atom. The van der Waals surface area contributed by atoms with Gasteiger partial charge in [-0.3, -0.25) is 9.59 Å². The number of hydrogen-bond donors (Lipinski definition) is 1. The number of nitrogens with zero attached hydrogens (tertiary/aromatic N) is 1. The van der Waals surface area contributed by atoms with Gasteiger partial charge in [-0.2, -0.15) is 0 Å². The largest absolute Gasteiger partial charge is 0.468 e. The van der Waals surface area contributed by atoms with E-state index in [-0.39, 0.29) is 23.0 Å². The number of nitrogens with one attached hydrogen (secondary N) is 1. The Labute approximate surface area is 117 Å². The van der Waals surface area contributed by atoms with Crippen molar-refractivity contribution in [3.63, 3.8) is 0 Å². The van der Waals surface area contributed by atoms with Crippen LogP contribution < -0.4 is 5.32 Å². The minimum Gasteiger partial charge on any atom is -0.468 e. The van der Waals surface area contributed by atoms with E-state index in [0.29, 0.717) is 11.3 Å². The average Bonchev–Trinajstić information content (AvgIpc) is 2.33. The molecule has 1 rings (SSSR count). The number of amides is 1. The van der Waals surface area contributed by atoms with Crippen molar-refractivity contribution < 1.29 is 14.3 Å². The van der Waals surface area contributed by atoms with Crippen LogP contribution in [0.2, 0.25) is 5.15 Å². The van der Waals surface area contributed by atoms with E-state index in [2.05, 4.69) is 15.0 Å². The van der Waals surface area contributed by atoms with E-state index in [1.165, 1.54) is 13.2 Å². The quantitative estimate of drug-likeness (QED) is 0.680. The summed E-state index contributed by atoms with van der Waals surface area (Å²) >= 11 is 5.91. The third-order valence-electron chi connectivity index (χ3n) is 2.45. The Morgan fingerprint density at radius 1 is 1.37 bits per heavy atom. The molecule has 0 aromatic carbocycles. The SMILES string of the molecule is COC(=O)CNC(=O)c1cc(Cl)nc(C(C)(C)C)c1. The lowest BCUT2D eigenvalue weighted by atomic mass is 9.91. The fourth-order valence-electron chi connectivity index (χ4n) is 1.34. The Kier molecular flexibility index (Phi) is 4.89. The predicted octanol–water partition coefficient (Wildman–Crippen LogP) is 1.94. The van der Waals surface area contributed by atoms with Crippen LogP contribution in [-0.4, -0.2) is 30.5 Å². The highest BCUT2D eigenvalue weighted by Crippen LogP contribution is 2.23. The summed E-state index contributed by atoms with van der Waals surface area (Å²) in [7, 11) is 1.26. The number of ether oxygens (including phenoxy) is 1. The van der Waals surface area contributed by atoms with E-state index < -0.39 is 5.97 Å². The maximum absolute atomic E-state index is 11.9. The predicted molar refractivity (Wildman–Crippen MR) is 72.3 cm³/mol. The van der Waals surface area contributed by atoms with Crippen molar-refractivity contribution in [3.05, 3.63) is 28.5 Å². The molecule has 0 aliphatic carbocycles. The third-order valence-corrected chi connectivity index (χ3v) is 2.64. The van der Waals surface area contributed by atoms with Gasteiger partial charge < -0.3 is 10.1 Å². The third kappa shape index (κ3) is 4.52. The Balaban J connectivity index is 2.92. The van der Waals surface area contributed by atoms with Gasteiger partial charge in [0, 0.05) is 16.7 Å². The summed E-state index contributed by atoms with van der Waals surface area (Å²) in [6.07, 6.45) is 0. The summed E-state index contributed by atoms with van der Waals surface area (Å²) in [5, 5.41) is 2.70. The summed E-state index contributed by atoms with van der Waals surface area (Å²) < 4.78 is 4.45. The Morgan fingerprint density at radius 3 is 2.53 bits per heavy atom. The molecule has 19 heavy (non-hydrogen) atoms. The first kappa shape index (κ1) is 15.4. The monoisotopic (exact) mass is 284 g/mol. The van der Waals surface area contributed by atoms with Gasteiger partial charge in [-0.1, -0.05) is 32.4 Å². The van der Waals surface area contributed by atoms with Gasteiger partial charge in [0.25, 0.3) is 5.91 Å². The molecule has 1 aromatic heterocycles. The lowest BCUT2D eigenvalue weighted by molar-refractivity contribution is -0.139. The molecule has 1 heterocycles. The second kappa shape index (κ2) is 6.02. The molecule has 0 saturated carbocycles. The number of halogens is 1. The molecule has 0 saturated heterocycles. The molecule has 6 heteroatoms. The van der Waals surface area contributed by atoms with Crippen LogP contribution in [0.4, 0.5) is 0 Å². The van der Waals surface area contributed by atoms with E-state index in [1.54, 1.807) is 6.07 Å². The fraction of sp³-hybridized carbons (Fsp3) is 0.462. The number of esters is 1. The number of hydrogen-bond acceptors (Lipinski definition) is 4. The van der Waals surface area contributed by atoms with Gasteiger partial charge in [-0.25, -0.2) is 4.98 Å². The van der Waals surface area contributed by atoms with Gasteiger partial charge in [0.15, 0.2) is 0 Å². The minimum atomic E-state index is -0.510. The number of aromatic nitrogens is 1. The summed E-state index contributed by atoms with van der Waals surface area (Å²) in [6.45, 7) is 5.74. The molecule has 0 atom stereocenters. The zero-order valence-electron chi connectivity index (χ0n) is 11.4. The number of carbonyl (C=O) groups excluding carboxylic acids is 2. The number of rotatable bonds is 3. The normalized spacial score (nSPS) is 11.0. The summed E-state index contributed by atoms with van der Waals surface area (Å²) in [6, 6.07) is 3.13. The second-order valence-corrected chi connectivity index (χ2v) is 5.46. The molecular formula is C13H17ClN2O3. The lowest BCUT2D eigenvalue weighted by Gasteiger charge is -2.18. The zero-order chi connectivity index (χ0) is 14.6. The molecule has 0 bridgehead atoms. The van der Waals surface area contributed by atoms with Crippen LogP contribution in [0.3, 0.4) is 0 Å². The van der Waals surface area contributed by atoms with Crippen molar-refractivity contribution in [3.8, 4) is 0 Å². The maximum Gasteiger partial charge on any atom is 0.325 e. The summed E-state index contributed by atoms with van der Waals surface area (Å²) in [5.74, 6) is -0.898. The first-order valence-corrected chi connectivity index (χ1v) is 6.15. The smallest absolute Gasteiger partial charge is 0.325 e. The van der Waals surface area contributed by atoms with Gasteiger partial charge in [-0.05, 0) is 12.1 Å². The molecule has 0 aliphatic rings. The van der Waals surface area contributed by atoms with E-state index in [1.807, 2.05) is 20.8 Å². The minimum absolute atomic E-state index is 0.180. The van der Waals surface area contributed by atoms with Crippen molar-refractivity contribution in [2.24, 2.45) is 0 Å². The first-order chi connectivity index (χ1) is 8.74. The van der Waals surface area contributed by atoms with Crippen LogP contribution in [0.5, 0.6) is 0 Å². The van der Waals surface area contributed by atoms with E-state index in [0.717, 1.165) is 0 Å². The first-order valence-electron chi connectivity index (χ1n) is 5.77. The summed E-state index contributed by atoms with van der Waals surface area (Å²) in [4.78, 5) is 27.0. The topological polar surface area (TPSA) is 68.3 Å². The lowest BCUT2D eigenvalue weighted by Crippen LogP contribution is -2.30. The van der Waals surface area contributed by atoms with Crippen LogP contribution in [0.25, 0.3) is 0 Å². The van der Waals surface area contributed by atoms with Crippen LogP contribution in [-0.2, 0) is 14.9 Å². The molecule has 0 unspecified atom stereocenters. The van der Waals surface area contributed by atoms with Gasteiger partial charge in [0.05, 0.1) is 7.11 Å². The molecule has 1 aromatic rings. The van der Waals surface area contributed by atoms with E-state index in [9.17, 15) is 9.59 Å². The Bertz CT molecular complexity index is 495. The van der Waals surface area contributed by atoms with Crippen LogP contribution in [0.15, 0.2) is 12.1 Å². The van der Waals surface area contributed by atoms with E-state index in [4.69, 9.17) is 11.6 Å². The molecule has 0 radical (unpaired) electrons. The average molecular weight is 285 g/mol. The van der Waals surface area contributed by atoms with E-state index >= 15 is 0 Å². The van der Waals surface area contributed by atoms with Gasteiger partial charge >= 0.3 is 5.97 Å². The molecule has 0 spiro atoms. The molecule has 0 fully saturated rings. The molecule has 1 amide bonds. The standard InChI is InChI=1S/C13H17ClN2O3/c1-13(2,3)9-5-8(6-10(14)16-9)12(18)15-7-11(17)19-4/h5-6H,7H2,1-4H3,(H,15,18). The molecule has 104 valence electrons. The van der Waals surface area contributed by atoms with Crippen LogP contribution >= 0.6 is 11.6 Å². The van der Waals surface area contributed by atoms with Gasteiger partial charge in [-0.15, -0.1) is 0 Å². The Hall–Kier alpha value is -1.62. The number of pyridine rings is 1. The highest BCUT2D eigenvalue weighted by atomic mass is 35.5. The molecule has 1 N–H and O–H groups in total. The van der Waals surface area contributed by atoms with Crippen LogP contribution in [0, 0.1) is 0 Å². The van der Waals surface area contributed by atoms with Crippen molar-refractivity contribution >= 4 is 23.5 Å². The van der Waals surface area contributed by atoms with Crippen LogP contribution in [0.1, 0.15) is 36.8 Å². The van der Waals surface area contributed by atoms with Gasteiger partial charge in [0.1, 0.15) is 11.7 Å². The highest BCUT2D eigenvalue weighted by molar-refractivity contribution is 6.29. The fourth-order valence-corrected chi connectivity index (χ4v) is 1.55. The zero-order valence-corrected chi connectivity index (χ0v) is 12.2. The van der Waals surface area contributed by atoms with Crippen molar-refractivity contribution in [2.45, 2.75) is 26.2 Å². The second-order valence-electron chi connectivity index (χ2n) is 5.07. The summed E-state index contributed by atoms with van der Waals surface area (Å²) in [5.41, 5.74) is 0.861. The highest BCUT2D eigenvalue weighted by Gasteiger charge is 2.19. The number of methoxy groups -OCH3 is 1. The van der Waals surface area contributed by atoms with Crippen molar-refractivity contribution in [1.29, 1.82) is 0 Å². The maximum atomic E-state index is 11.9. The van der Waals surface area contributed by atoms with Crippen molar-refractivity contribution in [2.75, 3.05) is 13.7 Å². The van der Waals surface area contributed by atoms with Gasteiger partial charge in [0.2, 0.25) is 0 Å². The van der Waals surface area contributed by atoms with Crippen molar-refractivity contribution in [1.82, 2.24) is 10.3 Å². The number of carbonyl (C=O) groups is 2. The molecular weight excluding hydrogens is 268 g/mol. The molecule has 0 aliphatic heterocycles.